The second-order valence-corrected chi connectivity index (χ2v) is 6.81. The summed E-state index contributed by atoms with van der Waals surface area (Å²) in [7, 11) is 0. The Hall–Kier alpha value is -3.20. The van der Waals surface area contributed by atoms with Crippen LogP contribution in [0.1, 0.15) is 0 Å². The van der Waals surface area contributed by atoms with E-state index in [2.05, 4.69) is 30.6 Å². The predicted octanol–water partition coefficient (Wildman–Crippen LogP) is 3.01. The molecule has 28 heavy (non-hydrogen) atoms. The molecule has 2 fully saturated rings. The Labute approximate surface area is 159 Å². The normalized spacial score (nSPS) is 22.6. The lowest BCUT2D eigenvalue weighted by atomic mass is 10.2. The van der Waals surface area contributed by atoms with E-state index in [1.54, 1.807) is 24.3 Å². The molecular weight excluding hydrogens is 366 g/mol. The molecule has 1 saturated heterocycles. The lowest BCUT2D eigenvalue weighted by Gasteiger charge is -2.12. The van der Waals surface area contributed by atoms with Gasteiger partial charge < -0.3 is 15.4 Å². The molecular formula is C19H16F2N6O. The third kappa shape index (κ3) is 3.24. The fourth-order valence-corrected chi connectivity index (χ4v) is 3.47. The largest absolute Gasteiger partial charge is 0.381 e. The Kier molecular flexibility index (Phi) is 4.09. The standard InChI is InChI=1S/C19H16F2N6O/c20-14-4-2-1-3-11(14)17-25-18(23-10-5-6-22-15(21)7-10)27-19(26-17)24-16-12-8-28-9-13(12)16/h1-7,12-13,16H,8-9H2,(H2,22,23,24,25,26,27)/t12-,13+,16?. The van der Waals surface area contributed by atoms with E-state index in [-0.39, 0.29) is 23.4 Å². The first-order valence-corrected chi connectivity index (χ1v) is 8.91. The molecule has 2 N–H and O–H groups in total. The van der Waals surface area contributed by atoms with Gasteiger partial charge in [-0.25, -0.2) is 9.37 Å². The Morgan fingerprint density at radius 1 is 0.964 bits per heavy atom. The summed E-state index contributed by atoms with van der Waals surface area (Å²) < 4.78 is 33.0. The van der Waals surface area contributed by atoms with Crippen LogP contribution >= 0.6 is 0 Å². The van der Waals surface area contributed by atoms with Crippen molar-refractivity contribution >= 4 is 17.6 Å². The highest BCUT2D eigenvalue weighted by Gasteiger charge is 2.54. The van der Waals surface area contributed by atoms with Crippen LogP contribution in [0.25, 0.3) is 11.4 Å². The number of nitrogens with zero attached hydrogens (tertiary/aromatic N) is 4. The summed E-state index contributed by atoms with van der Waals surface area (Å²) in [6, 6.07) is 9.31. The number of ether oxygens (including phenoxy) is 1. The molecule has 1 unspecified atom stereocenters. The number of hydrogen-bond donors (Lipinski definition) is 2. The highest BCUT2D eigenvalue weighted by Crippen LogP contribution is 2.45. The molecule has 7 nitrogen and oxygen atoms in total. The quantitative estimate of drug-likeness (QED) is 0.656. The lowest BCUT2D eigenvalue weighted by Crippen LogP contribution is -2.16. The van der Waals surface area contributed by atoms with Crippen LogP contribution in [-0.2, 0) is 4.74 Å². The van der Waals surface area contributed by atoms with Gasteiger partial charge in [-0.1, -0.05) is 12.1 Å². The Bertz CT molecular complexity index is 1020. The minimum absolute atomic E-state index is 0.184. The molecule has 0 bridgehead atoms. The van der Waals surface area contributed by atoms with Gasteiger partial charge in [-0.3, -0.25) is 0 Å². The molecule has 1 aliphatic heterocycles. The van der Waals surface area contributed by atoms with Gasteiger partial charge in [0.05, 0.1) is 18.8 Å². The monoisotopic (exact) mass is 382 g/mol. The number of halogens is 2. The molecule has 9 heteroatoms. The average molecular weight is 382 g/mol. The van der Waals surface area contributed by atoms with E-state index in [1.165, 1.54) is 18.3 Å². The van der Waals surface area contributed by atoms with E-state index >= 15 is 0 Å². The SMILES string of the molecule is Fc1cc(Nc2nc(NC3[C@H]4COC[C@@H]34)nc(-c3ccccc3F)n2)ccn1. The number of nitrogens with one attached hydrogen (secondary N) is 2. The number of benzene rings is 1. The second kappa shape index (κ2) is 6.75. The minimum Gasteiger partial charge on any atom is -0.381 e. The van der Waals surface area contributed by atoms with E-state index in [9.17, 15) is 8.78 Å². The van der Waals surface area contributed by atoms with Crippen LogP contribution < -0.4 is 10.6 Å². The number of rotatable bonds is 5. The molecule has 0 spiro atoms. The zero-order chi connectivity index (χ0) is 19.1. The van der Waals surface area contributed by atoms with Gasteiger partial charge in [0.2, 0.25) is 17.8 Å². The van der Waals surface area contributed by atoms with Crippen LogP contribution in [0.15, 0.2) is 42.6 Å². The molecule has 142 valence electrons. The van der Waals surface area contributed by atoms with E-state index in [1.807, 2.05) is 0 Å². The number of hydrogen-bond acceptors (Lipinski definition) is 7. The van der Waals surface area contributed by atoms with Gasteiger partial charge in [-0.2, -0.15) is 19.3 Å². The van der Waals surface area contributed by atoms with Gasteiger partial charge in [-0.05, 0) is 18.2 Å². The first-order valence-electron chi connectivity index (χ1n) is 8.91. The van der Waals surface area contributed by atoms with Crippen molar-refractivity contribution in [3.8, 4) is 11.4 Å². The highest BCUT2D eigenvalue weighted by atomic mass is 19.1. The molecule has 3 aromatic rings. The van der Waals surface area contributed by atoms with Gasteiger partial charge in [0, 0.05) is 35.8 Å². The summed E-state index contributed by atoms with van der Waals surface area (Å²) in [5.74, 6) is 0.538. The van der Waals surface area contributed by atoms with Crippen molar-refractivity contribution in [1.82, 2.24) is 19.9 Å². The molecule has 1 aromatic carbocycles. The molecule has 2 aliphatic rings. The van der Waals surface area contributed by atoms with Crippen LogP contribution in [0.5, 0.6) is 0 Å². The van der Waals surface area contributed by atoms with Gasteiger partial charge in [0.1, 0.15) is 5.82 Å². The van der Waals surface area contributed by atoms with Crippen LogP contribution in [-0.4, -0.2) is 39.2 Å². The Morgan fingerprint density at radius 3 is 2.54 bits per heavy atom. The van der Waals surface area contributed by atoms with Gasteiger partial charge in [0.25, 0.3) is 0 Å². The van der Waals surface area contributed by atoms with E-state index in [4.69, 9.17) is 4.74 Å². The molecule has 1 aliphatic carbocycles. The maximum atomic E-state index is 14.3. The molecule has 1 saturated carbocycles. The van der Waals surface area contributed by atoms with Crippen molar-refractivity contribution in [3.05, 3.63) is 54.4 Å². The molecule has 5 rings (SSSR count). The van der Waals surface area contributed by atoms with Crippen molar-refractivity contribution in [1.29, 1.82) is 0 Å². The smallest absolute Gasteiger partial charge is 0.232 e. The van der Waals surface area contributed by atoms with Crippen molar-refractivity contribution in [2.45, 2.75) is 6.04 Å². The average Bonchev–Trinajstić information content (AvgIpc) is 3.10. The molecule has 3 heterocycles. The third-order valence-corrected chi connectivity index (χ3v) is 4.98. The first-order chi connectivity index (χ1) is 13.7. The predicted molar refractivity (Wildman–Crippen MR) is 97.9 cm³/mol. The zero-order valence-electron chi connectivity index (χ0n) is 14.6. The van der Waals surface area contributed by atoms with Crippen molar-refractivity contribution in [2.75, 3.05) is 23.8 Å². The summed E-state index contributed by atoms with van der Waals surface area (Å²) in [5, 5.41) is 6.22. The number of anilines is 3. The second-order valence-electron chi connectivity index (χ2n) is 6.81. The topological polar surface area (TPSA) is 84.9 Å². The maximum absolute atomic E-state index is 14.3. The maximum Gasteiger partial charge on any atom is 0.232 e. The van der Waals surface area contributed by atoms with Gasteiger partial charge in [0.15, 0.2) is 5.82 Å². The van der Waals surface area contributed by atoms with Gasteiger partial charge >= 0.3 is 0 Å². The Balaban J connectivity index is 1.49. The number of pyridine rings is 1. The fourth-order valence-electron chi connectivity index (χ4n) is 3.47. The van der Waals surface area contributed by atoms with Crippen molar-refractivity contribution in [3.63, 3.8) is 0 Å². The summed E-state index contributed by atoms with van der Waals surface area (Å²) in [6.45, 7) is 1.43. The van der Waals surface area contributed by atoms with E-state index < -0.39 is 11.8 Å². The van der Waals surface area contributed by atoms with Crippen molar-refractivity contribution < 1.29 is 13.5 Å². The first kappa shape index (κ1) is 16.9. The lowest BCUT2D eigenvalue weighted by molar-refractivity contribution is 0.162. The highest BCUT2D eigenvalue weighted by molar-refractivity contribution is 5.61. The molecule has 3 atom stereocenters. The van der Waals surface area contributed by atoms with Crippen LogP contribution in [0.2, 0.25) is 0 Å². The zero-order valence-corrected chi connectivity index (χ0v) is 14.6. The molecule has 0 radical (unpaired) electrons. The summed E-state index contributed by atoms with van der Waals surface area (Å²) in [6.07, 6.45) is 1.33. The molecule has 2 aromatic heterocycles. The van der Waals surface area contributed by atoms with Crippen LogP contribution in [0.4, 0.5) is 26.4 Å². The number of aromatic nitrogens is 4. The van der Waals surface area contributed by atoms with Crippen LogP contribution in [0, 0.1) is 23.6 Å². The van der Waals surface area contributed by atoms with Crippen LogP contribution in [0.3, 0.4) is 0 Å². The summed E-state index contributed by atoms with van der Waals surface area (Å²) in [5.41, 5.74) is 0.692. The van der Waals surface area contributed by atoms with E-state index in [0.29, 0.717) is 23.5 Å². The van der Waals surface area contributed by atoms with Gasteiger partial charge in [-0.15, -0.1) is 0 Å². The Morgan fingerprint density at radius 2 is 1.75 bits per heavy atom. The van der Waals surface area contributed by atoms with E-state index in [0.717, 1.165) is 13.2 Å². The fraction of sp³-hybridized carbons (Fsp3) is 0.263. The summed E-state index contributed by atoms with van der Waals surface area (Å²) in [4.78, 5) is 16.6. The number of fused-ring (bicyclic) bond motifs is 1. The third-order valence-electron chi connectivity index (χ3n) is 4.98. The molecule has 0 amide bonds. The van der Waals surface area contributed by atoms with Crippen molar-refractivity contribution in [2.24, 2.45) is 11.8 Å². The summed E-state index contributed by atoms with van der Waals surface area (Å²) >= 11 is 0. The minimum atomic E-state index is -0.627.